The van der Waals surface area contributed by atoms with Gasteiger partial charge in [0.05, 0.1) is 16.9 Å². The summed E-state index contributed by atoms with van der Waals surface area (Å²) in [5, 5.41) is 7.07. The van der Waals surface area contributed by atoms with Crippen LogP contribution in [0.5, 0.6) is 0 Å². The summed E-state index contributed by atoms with van der Waals surface area (Å²) in [6.07, 6.45) is -1.85. The molecule has 7 nitrogen and oxygen atoms in total. The lowest BCUT2D eigenvalue weighted by atomic mass is 10.1. The quantitative estimate of drug-likeness (QED) is 0.656. The number of anilines is 1. The first-order valence-corrected chi connectivity index (χ1v) is 9.00. The Labute approximate surface area is 165 Å². The minimum atomic E-state index is -4.65. The van der Waals surface area contributed by atoms with Crippen molar-refractivity contribution in [1.29, 1.82) is 0 Å². The second-order valence-electron chi connectivity index (χ2n) is 5.98. The van der Waals surface area contributed by atoms with Gasteiger partial charge in [0.15, 0.2) is 0 Å². The van der Waals surface area contributed by atoms with E-state index in [1.165, 1.54) is 24.0 Å². The zero-order chi connectivity index (χ0) is 20.8. The van der Waals surface area contributed by atoms with Crippen LogP contribution in [0, 0.1) is 6.92 Å². The first-order chi connectivity index (χ1) is 13.0. The van der Waals surface area contributed by atoms with E-state index < -0.39 is 29.7 Å². The number of carbonyl (C=O) groups is 2. The second kappa shape index (κ2) is 7.06. The van der Waals surface area contributed by atoms with Crippen molar-refractivity contribution in [1.82, 2.24) is 14.8 Å². The predicted molar refractivity (Wildman–Crippen MR) is 98.5 cm³/mol. The standard InChI is InChI=1S/C16H13ClF3N5O2S/c1-6-3-9(16(18,19)20)23-15-10(6)11(12(28-15)13(21)26)24-14(27)7(2)25-5-8(17)4-22-25/h3-5,7H,1-2H3,(H2,21,26)(H,24,27). The fraction of sp³-hybridized carbons (Fsp3) is 0.250. The maximum absolute atomic E-state index is 13.0. The summed E-state index contributed by atoms with van der Waals surface area (Å²) in [5.74, 6) is -1.44. The Kier molecular flexibility index (Phi) is 5.06. The topological polar surface area (TPSA) is 103 Å². The Morgan fingerprint density at radius 2 is 2.07 bits per heavy atom. The molecule has 2 amide bonds. The number of amides is 2. The van der Waals surface area contributed by atoms with Gasteiger partial charge in [0, 0.05) is 11.6 Å². The first kappa shape index (κ1) is 20.1. The van der Waals surface area contributed by atoms with Crippen LogP contribution < -0.4 is 11.1 Å². The molecule has 0 aliphatic heterocycles. The van der Waals surface area contributed by atoms with E-state index in [0.29, 0.717) is 16.4 Å². The molecule has 0 aliphatic carbocycles. The molecule has 0 fully saturated rings. The minimum absolute atomic E-state index is 0.0290. The summed E-state index contributed by atoms with van der Waals surface area (Å²) in [4.78, 5) is 27.9. The zero-order valence-corrected chi connectivity index (χ0v) is 16.0. The minimum Gasteiger partial charge on any atom is -0.365 e. The van der Waals surface area contributed by atoms with E-state index in [0.717, 1.165) is 6.07 Å². The Morgan fingerprint density at radius 3 is 2.61 bits per heavy atom. The highest BCUT2D eigenvalue weighted by Gasteiger charge is 2.34. The van der Waals surface area contributed by atoms with Crippen molar-refractivity contribution in [3.63, 3.8) is 0 Å². The van der Waals surface area contributed by atoms with Gasteiger partial charge in [-0.25, -0.2) is 4.98 Å². The van der Waals surface area contributed by atoms with E-state index >= 15 is 0 Å². The number of aromatic nitrogens is 3. The van der Waals surface area contributed by atoms with Gasteiger partial charge in [-0.15, -0.1) is 11.3 Å². The van der Waals surface area contributed by atoms with Gasteiger partial charge >= 0.3 is 6.18 Å². The van der Waals surface area contributed by atoms with Crippen molar-refractivity contribution in [2.45, 2.75) is 26.1 Å². The van der Waals surface area contributed by atoms with Crippen LogP contribution in [0.4, 0.5) is 18.9 Å². The Balaban J connectivity index is 2.07. The number of fused-ring (bicyclic) bond motifs is 1. The number of hydrogen-bond acceptors (Lipinski definition) is 5. The molecule has 0 aromatic carbocycles. The van der Waals surface area contributed by atoms with Gasteiger partial charge < -0.3 is 11.1 Å². The molecular weight excluding hydrogens is 419 g/mol. The molecule has 3 N–H and O–H groups in total. The van der Waals surface area contributed by atoms with Gasteiger partial charge in [0.2, 0.25) is 5.91 Å². The molecule has 0 radical (unpaired) electrons. The summed E-state index contributed by atoms with van der Waals surface area (Å²) in [6.45, 7) is 2.98. The van der Waals surface area contributed by atoms with Crippen molar-refractivity contribution >= 4 is 50.7 Å². The van der Waals surface area contributed by atoms with Crippen LogP contribution in [0.1, 0.15) is 33.9 Å². The van der Waals surface area contributed by atoms with Crippen molar-refractivity contribution < 1.29 is 22.8 Å². The number of primary amides is 1. The number of hydrogen-bond donors (Lipinski definition) is 2. The molecule has 0 bridgehead atoms. The van der Waals surface area contributed by atoms with Crippen LogP contribution in [0.15, 0.2) is 18.5 Å². The number of nitrogens with zero attached hydrogens (tertiary/aromatic N) is 3. The van der Waals surface area contributed by atoms with Crippen LogP contribution in [-0.4, -0.2) is 26.6 Å². The van der Waals surface area contributed by atoms with Crippen molar-refractivity contribution in [2.75, 3.05) is 5.32 Å². The number of alkyl halides is 3. The highest BCUT2D eigenvalue weighted by Crippen LogP contribution is 2.40. The van der Waals surface area contributed by atoms with E-state index in [2.05, 4.69) is 15.4 Å². The molecular formula is C16H13ClF3N5O2S. The maximum Gasteiger partial charge on any atom is 0.433 e. The van der Waals surface area contributed by atoms with Gasteiger partial charge in [-0.1, -0.05) is 11.6 Å². The van der Waals surface area contributed by atoms with E-state index in [1.54, 1.807) is 6.92 Å². The lowest BCUT2D eigenvalue weighted by Crippen LogP contribution is -2.25. The van der Waals surface area contributed by atoms with Crippen LogP contribution in [0.25, 0.3) is 10.2 Å². The number of pyridine rings is 1. The molecule has 0 aliphatic rings. The summed E-state index contributed by atoms with van der Waals surface area (Å²) in [7, 11) is 0. The Bertz CT molecular complexity index is 1090. The smallest absolute Gasteiger partial charge is 0.365 e. The predicted octanol–water partition coefficient (Wildman–Crippen LogP) is 3.77. The van der Waals surface area contributed by atoms with Gasteiger partial charge in [0.25, 0.3) is 5.91 Å². The van der Waals surface area contributed by atoms with Crippen molar-refractivity contribution in [2.24, 2.45) is 5.73 Å². The highest BCUT2D eigenvalue weighted by molar-refractivity contribution is 7.21. The number of aryl methyl sites for hydroxylation is 1. The average Bonchev–Trinajstić information content (AvgIpc) is 3.17. The van der Waals surface area contributed by atoms with Gasteiger partial charge in [-0.05, 0) is 25.5 Å². The van der Waals surface area contributed by atoms with Crippen molar-refractivity contribution in [3.05, 3.63) is 39.6 Å². The lowest BCUT2D eigenvalue weighted by Gasteiger charge is -2.14. The SMILES string of the molecule is Cc1cc(C(F)(F)F)nc2sc(C(N)=O)c(NC(=O)C(C)n3cc(Cl)cn3)c12. The summed E-state index contributed by atoms with van der Waals surface area (Å²) >= 11 is 6.48. The molecule has 3 heterocycles. The number of carbonyl (C=O) groups excluding carboxylic acids is 2. The Hall–Kier alpha value is -2.66. The van der Waals surface area contributed by atoms with Gasteiger partial charge in [0.1, 0.15) is 21.4 Å². The average molecular weight is 432 g/mol. The third kappa shape index (κ3) is 3.67. The van der Waals surface area contributed by atoms with E-state index in [4.69, 9.17) is 17.3 Å². The second-order valence-corrected chi connectivity index (χ2v) is 7.41. The largest absolute Gasteiger partial charge is 0.433 e. The van der Waals surface area contributed by atoms with Crippen LogP contribution >= 0.6 is 22.9 Å². The maximum atomic E-state index is 13.0. The third-order valence-corrected chi connectivity index (χ3v) is 5.26. The molecule has 3 rings (SSSR count). The normalized spacial score (nSPS) is 12.9. The Morgan fingerprint density at radius 1 is 1.39 bits per heavy atom. The summed E-state index contributed by atoms with van der Waals surface area (Å²) in [6, 6.07) is 0.0533. The number of thiophene rings is 1. The zero-order valence-electron chi connectivity index (χ0n) is 14.5. The van der Waals surface area contributed by atoms with Gasteiger partial charge in [-0.3, -0.25) is 14.3 Å². The molecule has 12 heteroatoms. The van der Waals surface area contributed by atoms with Crippen LogP contribution in [-0.2, 0) is 11.0 Å². The lowest BCUT2D eigenvalue weighted by molar-refractivity contribution is -0.141. The molecule has 1 atom stereocenters. The van der Waals surface area contributed by atoms with Crippen molar-refractivity contribution in [3.8, 4) is 0 Å². The van der Waals surface area contributed by atoms with Crippen LogP contribution in [0.2, 0.25) is 5.02 Å². The monoisotopic (exact) mass is 431 g/mol. The summed E-state index contributed by atoms with van der Waals surface area (Å²) in [5.41, 5.74) is 4.49. The van der Waals surface area contributed by atoms with Crippen LogP contribution in [0.3, 0.4) is 0 Å². The fourth-order valence-corrected chi connectivity index (χ4v) is 3.80. The summed E-state index contributed by atoms with van der Waals surface area (Å²) < 4.78 is 40.4. The molecule has 3 aromatic heterocycles. The molecule has 0 saturated heterocycles. The van der Waals surface area contributed by atoms with E-state index in [1.807, 2.05) is 0 Å². The van der Waals surface area contributed by atoms with E-state index in [-0.39, 0.29) is 26.3 Å². The highest BCUT2D eigenvalue weighted by atomic mass is 35.5. The number of halogens is 4. The van der Waals surface area contributed by atoms with Gasteiger partial charge in [-0.2, -0.15) is 18.3 Å². The third-order valence-electron chi connectivity index (χ3n) is 3.97. The number of nitrogens with two attached hydrogens (primary N) is 1. The first-order valence-electron chi connectivity index (χ1n) is 7.80. The fourth-order valence-electron chi connectivity index (χ4n) is 2.60. The molecule has 148 valence electrons. The molecule has 1 unspecified atom stereocenters. The molecule has 0 spiro atoms. The number of rotatable bonds is 4. The number of nitrogens with one attached hydrogen (secondary N) is 1. The molecule has 0 saturated carbocycles. The molecule has 3 aromatic rings. The van der Waals surface area contributed by atoms with E-state index in [9.17, 15) is 22.8 Å². The molecule has 28 heavy (non-hydrogen) atoms.